The number of amides is 1. The highest BCUT2D eigenvalue weighted by Gasteiger charge is 2.14. The molecule has 7 nitrogen and oxygen atoms in total. The molecule has 1 amide bonds. The third kappa shape index (κ3) is 4.09. The average molecular weight is 342 g/mol. The summed E-state index contributed by atoms with van der Waals surface area (Å²) < 4.78 is 13.7. The zero-order valence-electron chi connectivity index (χ0n) is 13.8. The van der Waals surface area contributed by atoms with E-state index in [-0.39, 0.29) is 29.4 Å². The Labute approximate surface area is 143 Å². The summed E-state index contributed by atoms with van der Waals surface area (Å²) in [4.78, 5) is 27.3. The van der Waals surface area contributed by atoms with Crippen LogP contribution in [0, 0.1) is 5.82 Å². The topological polar surface area (TPSA) is 110 Å². The largest absolute Gasteiger partial charge is 0.384 e. The molecule has 0 aromatic carbocycles. The number of anilines is 1. The number of carbonyl (C=O) groups is 1. The van der Waals surface area contributed by atoms with Crippen molar-refractivity contribution in [1.29, 1.82) is 0 Å². The van der Waals surface area contributed by atoms with Gasteiger partial charge in [-0.3, -0.25) is 4.79 Å². The lowest BCUT2D eigenvalue weighted by molar-refractivity contribution is 0.0929. The highest BCUT2D eigenvalue weighted by Crippen LogP contribution is 2.13. The number of aromatic amines is 1. The van der Waals surface area contributed by atoms with Crippen LogP contribution in [0.25, 0.3) is 11.2 Å². The zero-order valence-corrected chi connectivity index (χ0v) is 13.8. The Kier molecular flexibility index (Phi) is 4.87. The third-order valence-electron chi connectivity index (χ3n) is 3.88. The van der Waals surface area contributed by atoms with Gasteiger partial charge < -0.3 is 16.0 Å². The molecular weight excluding hydrogens is 323 g/mol. The second-order valence-corrected chi connectivity index (χ2v) is 5.93. The fraction of sp³-hybridized carbons (Fsp3) is 0.294. The van der Waals surface area contributed by atoms with Crippen LogP contribution in [-0.2, 0) is 6.42 Å². The van der Waals surface area contributed by atoms with Crippen molar-refractivity contribution in [2.45, 2.75) is 32.2 Å². The maximum atomic E-state index is 13.7. The monoisotopic (exact) mass is 342 g/mol. The van der Waals surface area contributed by atoms with Gasteiger partial charge in [-0.1, -0.05) is 0 Å². The summed E-state index contributed by atoms with van der Waals surface area (Å²) >= 11 is 0. The van der Waals surface area contributed by atoms with Crippen LogP contribution in [0.15, 0.2) is 30.6 Å². The van der Waals surface area contributed by atoms with Crippen molar-refractivity contribution in [3.8, 4) is 0 Å². The fourth-order valence-electron chi connectivity index (χ4n) is 2.57. The number of carbonyl (C=O) groups excluding carboxylic acids is 1. The van der Waals surface area contributed by atoms with E-state index in [9.17, 15) is 9.18 Å². The van der Waals surface area contributed by atoms with Crippen LogP contribution in [0.3, 0.4) is 0 Å². The van der Waals surface area contributed by atoms with Gasteiger partial charge in [0, 0.05) is 30.1 Å². The van der Waals surface area contributed by atoms with Gasteiger partial charge in [0.1, 0.15) is 11.6 Å². The van der Waals surface area contributed by atoms with Crippen LogP contribution in [0.5, 0.6) is 0 Å². The number of H-pyrrole nitrogens is 1. The van der Waals surface area contributed by atoms with Gasteiger partial charge in [-0.15, -0.1) is 0 Å². The predicted molar refractivity (Wildman–Crippen MR) is 92.4 cm³/mol. The molecule has 0 fully saturated rings. The summed E-state index contributed by atoms with van der Waals surface area (Å²) in [6.45, 7) is 1.90. The van der Waals surface area contributed by atoms with Gasteiger partial charge in [-0.05, 0) is 38.3 Å². The zero-order chi connectivity index (χ0) is 17.8. The first kappa shape index (κ1) is 16.8. The summed E-state index contributed by atoms with van der Waals surface area (Å²) in [5.41, 5.74) is 7.18. The third-order valence-corrected chi connectivity index (χ3v) is 3.88. The second kappa shape index (κ2) is 7.25. The van der Waals surface area contributed by atoms with Gasteiger partial charge in [0.2, 0.25) is 0 Å². The molecule has 0 spiro atoms. The van der Waals surface area contributed by atoms with E-state index in [1.54, 1.807) is 12.3 Å². The van der Waals surface area contributed by atoms with Crippen LogP contribution >= 0.6 is 0 Å². The normalized spacial score (nSPS) is 12.2. The molecule has 0 unspecified atom stereocenters. The lowest BCUT2D eigenvalue weighted by Gasteiger charge is -2.12. The van der Waals surface area contributed by atoms with E-state index in [2.05, 4.69) is 25.3 Å². The van der Waals surface area contributed by atoms with Gasteiger partial charge in [0.15, 0.2) is 11.5 Å². The second-order valence-electron chi connectivity index (χ2n) is 5.93. The van der Waals surface area contributed by atoms with Gasteiger partial charge >= 0.3 is 0 Å². The molecule has 0 aliphatic carbocycles. The van der Waals surface area contributed by atoms with Gasteiger partial charge in [-0.25, -0.2) is 19.3 Å². The highest BCUT2D eigenvalue weighted by atomic mass is 19.1. The maximum absolute atomic E-state index is 13.7. The smallest absolute Gasteiger partial charge is 0.287 e. The van der Waals surface area contributed by atoms with Crippen molar-refractivity contribution in [2.75, 3.05) is 5.73 Å². The number of fused-ring (bicyclic) bond motifs is 1. The Bertz CT molecular complexity index is 861. The highest BCUT2D eigenvalue weighted by molar-refractivity contribution is 5.93. The van der Waals surface area contributed by atoms with E-state index >= 15 is 0 Å². The van der Waals surface area contributed by atoms with Crippen molar-refractivity contribution < 1.29 is 9.18 Å². The molecule has 4 N–H and O–H groups in total. The van der Waals surface area contributed by atoms with Crippen molar-refractivity contribution in [1.82, 2.24) is 25.3 Å². The van der Waals surface area contributed by atoms with Crippen molar-refractivity contribution >= 4 is 22.9 Å². The van der Waals surface area contributed by atoms with Crippen LogP contribution < -0.4 is 11.1 Å². The quantitative estimate of drug-likeness (QED) is 0.636. The molecule has 8 heteroatoms. The molecule has 1 atom stereocenters. The Morgan fingerprint density at radius 2 is 2.28 bits per heavy atom. The van der Waals surface area contributed by atoms with E-state index in [0.29, 0.717) is 36.0 Å². The van der Waals surface area contributed by atoms with E-state index in [4.69, 9.17) is 5.73 Å². The molecule has 0 radical (unpaired) electrons. The molecule has 0 saturated carbocycles. The molecule has 25 heavy (non-hydrogen) atoms. The summed E-state index contributed by atoms with van der Waals surface area (Å²) in [6.07, 6.45) is 5.03. The van der Waals surface area contributed by atoms with E-state index in [1.165, 1.54) is 12.3 Å². The number of nitrogens with zero attached hydrogens (tertiary/aromatic N) is 3. The number of imidazole rings is 1. The Morgan fingerprint density at radius 1 is 1.44 bits per heavy atom. The molecule has 3 aromatic rings. The van der Waals surface area contributed by atoms with Gasteiger partial charge in [-0.2, -0.15) is 0 Å². The average Bonchev–Trinajstić information content (AvgIpc) is 3.01. The maximum Gasteiger partial charge on any atom is 0.287 e. The predicted octanol–water partition coefficient (Wildman–Crippen LogP) is 2.22. The van der Waals surface area contributed by atoms with Crippen LogP contribution in [-0.4, -0.2) is 31.9 Å². The van der Waals surface area contributed by atoms with Crippen LogP contribution in [0.4, 0.5) is 10.2 Å². The lowest BCUT2D eigenvalue weighted by Crippen LogP contribution is -2.33. The SMILES string of the molecule is C[C@@H](CCCc1cnc(N)cc1F)NC(=O)c1nc2ncccc2[nH]1. The minimum absolute atomic E-state index is 0.0709. The number of rotatable bonds is 6. The molecule has 0 aliphatic rings. The number of pyridine rings is 2. The van der Waals surface area contributed by atoms with Gasteiger partial charge in [0.25, 0.3) is 5.91 Å². The number of aryl methyl sites for hydroxylation is 1. The summed E-state index contributed by atoms with van der Waals surface area (Å²) in [7, 11) is 0. The number of aromatic nitrogens is 4. The number of nitrogen functional groups attached to an aromatic ring is 1. The molecule has 3 rings (SSSR count). The molecular formula is C17H19FN6O. The minimum atomic E-state index is -0.348. The Morgan fingerprint density at radius 3 is 3.04 bits per heavy atom. The van der Waals surface area contributed by atoms with Crippen molar-refractivity contribution in [2.24, 2.45) is 0 Å². The Hall–Kier alpha value is -3.03. The van der Waals surface area contributed by atoms with E-state index in [1.807, 2.05) is 13.0 Å². The first-order chi connectivity index (χ1) is 12.0. The van der Waals surface area contributed by atoms with Crippen LogP contribution in [0.2, 0.25) is 0 Å². The molecule has 0 saturated heterocycles. The molecule has 3 heterocycles. The first-order valence-electron chi connectivity index (χ1n) is 8.04. The molecule has 3 aromatic heterocycles. The molecule has 130 valence electrons. The molecule has 0 bridgehead atoms. The van der Waals surface area contributed by atoms with Crippen molar-refractivity contribution in [3.05, 3.63) is 47.8 Å². The van der Waals surface area contributed by atoms with Gasteiger partial charge in [0.05, 0.1) is 5.52 Å². The summed E-state index contributed by atoms with van der Waals surface area (Å²) in [5, 5.41) is 2.88. The number of nitrogens with one attached hydrogen (secondary N) is 2. The van der Waals surface area contributed by atoms with E-state index in [0.717, 1.165) is 0 Å². The van der Waals surface area contributed by atoms with E-state index < -0.39 is 0 Å². The van der Waals surface area contributed by atoms with Crippen molar-refractivity contribution in [3.63, 3.8) is 0 Å². The van der Waals surface area contributed by atoms with Crippen LogP contribution in [0.1, 0.15) is 35.9 Å². The summed E-state index contributed by atoms with van der Waals surface area (Å²) in [5.74, 6) is -0.235. The number of nitrogens with two attached hydrogens (primary N) is 1. The number of hydrogen-bond acceptors (Lipinski definition) is 5. The molecule has 0 aliphatic heterocycles. The fourth-order valence-corrected chi connectivity index (χ4v) is 2.57. The minimum Gasteiger partial charge on any atom is -0.384 e. The first-order valence-corrected chi connectivity index (χ1v) is 8.04. The Balaban J connectivity index is 1.51. The number of hydrogen-bond donors (Lipinski definition) is 3. The summed E-state index contributed by atoms with van der Waals surface area (Å²) in [6, 6.07) is 4.73. The lowest BCUT2D eigenvalue weighted by atomic mass is 10.1. The number of halogens is 1. The standard InChI is InChI=1S/C17H19FN6O/c1-10(4-2-5-11-9-21-14(19)8-12(11)18)22-17(25)16-23-13-6-3-7-20-15(13)24-16/h3,6-10H,2,4-5H2,1H3,(H2,19,21)(H,22,25)(H,20,23,24)/t10-/m0/s1.